The highest BCUT2D eigenvalue weighted by molar-refractivity contribution is 5.94. The maximum absolute atomic E-state index is 12.3. The lowest BCUT2D eigenvalue weighted by Gasteiger charge is -2.26. The Morgan fingerprint density at radius 1 is 1.17 bits per heavy atom. The Bertz CT molecular complexity index is 523. The van der Waals surface area contributed by atoms with E-state index in [1.54, 1.807) is 6.20 Å². The molecule has 3 rings (SSSR count). The molecule has 1 aliphatic heterocycles. The van der Waals surface area contributed by atoms with Gasteiger partial charge in [0.05, 0.1) is 6.20 Å². The predicted octanol–water partition coefficient (Wildman–Crippen LogP) is 2.03. The molecule has 1 amide bonds. The van der Waals surface area contributed by atoms with Crippen LogP contribution in [0.1, 0.15) is 29.8 Å². The zero-order valence-corrected chi connectivity index (χ0v) is 10.1. The van der Waals surface area contributed by atoms with Crippen molar-refractivity contribution in [2.75, 3.05) is 13.1 Å². The number of aromatic nitrogens is 3. The van der Waals surface area contributed by atoms with Crippen LogP contribution in [-0.4, -0.2) is 39.1 Å². The van der Waals surface area contributed by atoms with Crippen molar-refractivity contribution in [1.82, 2.24) is 20.1 Å². The lowest BCUT2D eigenvalue weighted by molar-refractivity contribution is 0.0719. The van der Waals surface area contributed by atoms with E-state index in [2.05, 4.69) is 15.2 Å². The van der Waals surface area contributed by atoms with Gasteiger partial charge < -0.3 is 9.88 Å². The number of nitrogens with zero attached hydrogens (tertiary/aromatic N) is 2. The number of carbonyl (C=O) groups excluding carboxylic acids is 1. The number of hydrogen-bond donors (Lipinski definition) is 2. The molecule has 1 aliphatic rings. The molecule has 0 aliphatic carbocycles. The summed E-state index contributed by atoms with van der Waals surface area (Å²) in [5.74, 6) is 0.101. The summed E-state index contributed by atoms with van der Waals surface area (Å²) in [4.78, 5) is 17.2. The molecule has 0 radical (unpaired) electrons. The van der Waals surface area contributed by atoms with Gasteiger partial charge in [0.25, 0.3) is 5.91 Å². The second kappa shape index (κ2) is 4.68. The number of rotatable bonds is 2. The molecule has 2 N–H and O–H groups in total. The van der Waals surface area contributed by atoms with Crippen LogP contribution in [0.5, 0.6) is 0 Å². The van der Waals surface area contributed by atoms with Gasteiger partial charge in [0.2, 0.25) is 0 Å². The van der Waals surface area contributed by atoms with Crippen LogP contribution in [0.25, 0.3) is 11.1 Å². The largest absolute Gasteiger partial charge is 0.357 e. The number of H-pyrrole nitrogens is 2. The maximum Gasteiger partial charge on any atom is 0.270 e. The zero-order valence-electron chi connectivity index (χ0n) is 10.1. The zero-order chi connectivity index (χ0) is 12.4. The second-order valence-electron chi connectivity index (χ2n) is 4.64. The van der Waals surface area contributed by atoms with Crippen molar-refractivity contribution < 1.29 is 4.79 Å². The first kappa shape index (κ1) is 11.1. The van der Waals surface area contributed by atoms with Crippen LogP contribution in [0, 0.1) is 0 Å². The molecule has 0 saturated carbocycles. The Balaban J connectivity index is 1.78. The number of hydrogen-bond acceptors (Lipinski definition) is 2. The van der Waals surface area contributed by atoms with E-state index in [1.165, 1.54) is 6.42 Å². The van der Waals surface area contributed by atoms with Gasteiger partial charge in [0.1, 0.15) is 5.69 Å². The van der Waals surface area contributed by atoms with Gasteiger partial charge in [-0.2, -0.15) is 5.10 Å². The Hall–Kier alpha value is -2.04. The van der Waals surface area contributed by atoms with Crippen LogP contribution in [0.2, 0.25) is 0 Å². The van der Waals surface area contributed by atoms with Gasteiger partial charge in [0.15, 0.2) is 0 Å². The van der Waals surface area contributed by atoms with Crippen LogP contribution in [-0.2, 0) is 0 Å². The van der Waals surface area contributed by atoms with Crippen LogP contribution in [0.4, 0.5) is 0 Å². The second-order valence-corrected chi connectivity index (χ2v) is 4.64. The fourth-order valence-corrected chi connectivity index (χ4v) is 2.36. The average Bonchev–Trinajstić information content (AvgIpc) is 3.09. The number of amides is 1. The minimum Gasteiger partial charge on any atom is -0.357 e. The number of likely N-dealkylation sites (tertiary alicyclic amines) is 1. The topological polar surface area (TPSA) is 64.8 Å². The molecule has 2 aromatic heterocycles. The van der Waals surface area contributed by atoms with E-state index >= 15 is 0 Å². The average molecular weight is 244 g/mol. The van der Waals surface area contributed by atoms with Gasteiger partial charge in [-0.25, -0.2) is 0 Å². The van der Waals surface area contributed by atoms with Gasteiger partial charge in [-0.3, -0.25) is 9.89 Å². The first-order chi connectivity index (χ1) is 8.84. The van der Waals surface area contributed by atoms with E-state index in [9.17, 15) is 4.79 Å². The third kappa shape index (κ3) is 2.03. The molecule has 18 heavy (non-hydrogen) atoms. The van der Waals surface area contributed by atoms with Gasteiger partial charge >= 0.3 is 0 Å². The number of aromatic amines is 2. The first-order valence-corrected chi connectivity index (χ1v) is 6.31. The smallest absolute Gasteiger partial charge is 0.270 e. The van der Waals surface area contributed by atoms with E-state index in [1.807, 2.05) is 23.4 Å². The Labute approximate surface area is 105 Å². The van der Waals surface area contributed by atoms with Crippen molar-refractivity contribution in [2.45, 2.75) is 19.3 Å². The van der Waals surface area contributed by atoms with E-state index in [4.69, 9.17) is 0 Å². The summed E-state index contributed by atoms with van der Waals surface area (Å²) < 4.78 is 0. The number of carbonyl (C=O) groups is 1. The minimum atomic E-state index is 0.101. The normalized spacial score (nSPS) is 15.9. The molecular weight excluding hydrogens is 228 g/mol. The molecule has 5 nitrogen and oxygen atoms in total. The summed E-state index contributed by atoms with van der Waals surface area (Å²) in [5, 5.41) is 6.68. The molecular formula is C13H16N4O. The van der Waals surface area contributed by atoms with Crippen LogP contribution in [0.15, 0.2) is 24.7 Å². The summed E-state index contributed by atoms with van der Waals surface area (Å²) in [6.07, 6.45) is 8.87. The molecule has 0 aromatic carbocycles. The molecule has 0 bridgehead atoms. The molecule has 0 unspecified atom stereocenters. The van der Waals surface area contributed by atoms with Crippen molar-refractivity contribution in [3.8, 4) is 11.1 Å². The van der Waals surface area contributed by atoms with Gasteiger partial charge in [-0.05, 0) is 25.3 Å². The van der Waals surface area contributed by atoms with E-state index < -0.39 is 0 Å². The number of piperidine rings is 1. The van der Waals surface area contributed by atoms with Crippen molar-refractivity contribution in [1.29, 1.82) is 0 Å². The standard InChI is InChI=1S/C13H16N4O/c18-13(17-4-2-1-3-5-17)12-6-10(7-14-12)11-8-15-16-9-11/h6-9,14H,1-5H2,(H,15,16). The van der Waals surface area contributed by atoms with E-state index in [0.29, 0.717) is 5.69 Å². The highest BCUT2D eigenvalue weighted by Gasteiger charge is 2.19. The highest BCUT2D eigenvalue weighted by Crippen LogP contribution is 2.20. The van der Waals surface area contributed by atoms with Crippen molar-refractivity contribution in [2.24, 2.45) is 0 Å². The lowest BCUT2D eigenvalue weighted by Crippen LogP contribution is -2.35. The predicted molar refractivity (Wildman–Crippen MR) is 68.1 cm³/mol. The molecule has 0 spiro atoms. The summed E-state index contributed by atoms with van der Waals surface area (Å²) in [6.45, 7) is 1.75. The fraction of sp³-hybridized carbons (Fsp3) is 0.385. The molecule has 0 atom stereocenters. The van der Waals surface area contributed by atoms with Gasteiger partial charge in [-0.15, -0.1) is 0 Å². The van der Waals surface area contributed by atoms with Gasteiger partial charge in [-0.1, -0.05) is 0 Å². The third-order valence-electron chi connectivity index (χ3n) is 3.39. The van der Waals surface area contributed by atoms with E-state index in [-0.39, 0.29) is 5.91 Å². The lowest BCUT2D eigenvalue weighted by atomic mass is 10.1. The van der Waals surface area contributed by atoms with Crippen LogP contribution < -0.4 is 0 Å². The Morgan fingerprint density at radius 2 is 2.00 bits per heavy atom. The highest BCUT2D eigenvalue weighted by atomic mass is 16.2. The Morgan fingerprint density at radius 3 is 2.72 bits per heavy atom. The van der Waals surface area contributed by atoms with Crippen molar-refractivity contribution in [3.63, 3.8) is 0 Å². The fourth-order valence-electron chi connectivity index (χ4n) is 2.36. The Kier molecular flexibility index (Phi) is 2.88. The summed E-state index contributed by atoms with van der Waals surface area (Å²) in [6, 6.07) is 1.89. The summed E-state index contributed by atoms with van der Waals surface area (Å²) in [7, 11) is 0. The SMILES string of the molecule is O=C(c1cc(-c2cn[nH]c2)c[nH]1)N1CCCCC1. The minimum absolute atomic E-state index is 0.101. The van der Waals surface area contributed by atoms with Crippen molar-refractivity contribution in [3.05, 3.63) is 30.4 Å². The molecule has 3 heterocycles. The molecule has 1 fully saturated rings. The van der Waals surface area contributed by atoms with E-state index in [0.717, 1.165) is 37.1 Å². The molecule has 5 heteroatoms. The molecule has 1 saturated heterocycles. The quantitative estimate of drug-likeness (QED) is 0.849. The van der Waals surface area contributed by atoms with Crippen molar-refractivity contribution >= 4 is 5.91 Å². The third-order valence-corrected chi connectivity index (χ3v) is 3.39. The monoisotopic (exact) mass is 244 g/mol. The maximum atomic E-state index is 12.3. The molecule has 94 valence electrons. The van der Waals surface area contributed by atoms with Crippen LogP contribution >= 0.6 is 0 Å². The summed E-state index contributed by atoms with van der Waals surface area (Å²) in [5.41, 5.74) is 2.64. The summed E-state index contributed by atoms with van der Waals surface area (Å²) >= 11 is 0. The molecule has 2 aromatic rings. The van der Waals surface area contributed by atoms with Gasteiger partial charge in [0, 0.05) is 36.6 Å². The number of nitrogens with one attached hydrogen (secondary N) is 2. The first-order valence-electron chi connectivity index (χ1n) is 6.31. The van der Waals surface area contributed by atoms with Crippen LogP contribution in [0.3, 0.4) is 0 Å².